The Balaban J connectivity index is 1.98. The van der Waals surface area contributed by atoms with Crippen LogP contribution in [0.4, 0.5) is 0 Å². The smallest absolute Gasteiger partial charge is 0.229 e. The molecule has 21 heavy (non-hydrogen) atoms. The van der Waals surface area contributed by atoms with Crippen molar-refractivity contribution in [2.24, 2.45) is 0 Å². The van der Waals surface area contributed by atoms with Gasteiger partial charge in [0.2, 0.25) is 11.7 Å². The van der Waals surface area contributed by atoms with Gasteiger partial charge in [0.1, 0.15) is 5.75 Å². The van der Waals surface area contributed by atoms with Crippen molar-refractivity contribution in [1.29, 1.82) is 0 Å². The summed E-state index contributed by atoms with van der Waals surface area (Å²) in [6.07, 6.45) is 0. The Hall–Kier alpha value is -1.88. The summed E-state index contributed by atoms with van der Waals surface area (Å²) in [7, 11) is 0. The first-order chi connectivity index (χ1) is 10.1. The predicted octanol–water partition coefficient (Wildman–Crippen LogP) is 3.27. The SMILES string of the molecule is CC(C)NCc1ccccc1OCc1noc(C(C)C)n1. The molecule has 0 radical (unpaired) electrons. The summed E-state index contributed by atoms with van der Waals surface area (Å²) in [6, 6.07) is 8.42. The molecule has 0 unspecified atom stereocenters. The summed E-state index contributed by atoms with van der Waals surface area (Å²) < 4.78 is 11.0. The van der Waals surface area contributed by atoms with Gasteiger partial charge in [-0.1, -0.05) is 51.1 Å². The van der Waals surface area contributed by atoms with Crippen LogP contribution in [0, 0.1) is 0 Å². The molecule has 1 aromatic heterocycles. The molecule has 0 fully saturated rings. The molecule has 114 valence electrons. The summed E-state index contributed by atoms with van der Waals surface area (Å²) in [4.78, 5) is 4.31. The minimum atomic E-state index is 0.230. The van der Waals surface area contributed by atoms with Crippen LogP contribution in [0.2, 0.25) is 0 Å². The van der Waals surface area contributed by atoms with Gasteiger partial charge in [0.15, 0.2) is 6.61 Å². The van der Waals surface area contributed by atoms with Crippen molar-refractivity contribution in [2.45, 2.75) is 52.8 Å². The number of aromatic nitrogens is 2. The summed E-state index contributed by atoms with van der Waals surface area (Å²) >= 11 is 0. The van der Waals surface area contributed by atoms with Gasteiger partial charge in [-0.25, -0.2) is 0 Å². The minimum absolute atomic E-state index is 0.230. The van der Waals surface area contributed by atoms with Crippen molar-refractivity contribution in [2.75, 3.05) is 0 Å². The normalized spacial score (nSPS) is 11.3. The quantitative estimate of drug-likeness (QED) is 0.847. The Labute approximate surface area is 125 Å². The largest absolute Gasteiger partial charge is 0.485 e. The van der Waals surface area contributed by atoms with Crippen molar-refractivity contribution in [3.63, 3.8) is 0 Å². The maximum absolute atomic E-state index is 5.82. The van der Waals surface area contributed by atoms with E-state index in [1.54, 1.807) is 0 Å². The molecule has 1 aromatic carbocycles. The van der Waals surface area contributed by atoms with E-state index in [-0.39, 0.29) is 5.92 Å². The molecule has 1 N–H and O–H groups in total. The molecular weight excluding hydrogens is 266 g/mol. The van der Waals surface area contributed by atoms with Crippen LogP contribution in [0.1, 0.15) is 50.9 Å². The Morgan fingerprint density at radius 1 is 1.19 bits per heavy atom. The molecule has 0 aliphatic rings. The maximum Gasteiger partial charge on any atom is 0.229 e. The zero-order chi connectivity index (χ0) is 15.2. The zero-order valence-corrected chi connectivity index (χ0v) is 13.1. The van der Waals surface area contributed by atoms with Gasteiger partial charge in [-0.05, 0) is 6.07 Å². The van der Waals surface area contributed by atoms with Crippen LogP contribution in [0.25, 0.3) is 0 Å². The summed E-state index contributed by atoms with van der Waals surface area (Å²) in [5, 5.41) is 7.32. The van der Waals surface area contributed by atoms with Crippen molar-refractivity contribution in [3.8, 4) is 5.75 Å². The van der Waals surface area contributed by atoms with Crippen molar-refractivity contribution in [1.82, 2.24) is 15.5 Å². The number of benzene rings is 1. The van der Waals surface area contributed by atoms with Crippen LogP contribution in [-0.4, -0.2) is 16.2 Å². The van der Waals surface area contributed by atoms with E-state index < -0.39 is 0 Å². The van der Waals surface area contributed by atoms with Gasteiger partial charge >= 0.3 is 0 Å². The Morgan fingerprint density at radius 3 is 2.62 bits per heavy atom. The van der Waals surface area contributed by atoms with Gasteiger partial charge in [0.25, 0.3) is 0 Å². The van der Waals surface area contributed by atoms with E-state index in [1.165, 1.54) is 0 Å². The minimum Gasteiger partial charge on any atom is -0.485 e. The molecule has 5 heteroatoms. The highest BCUT2D eigenvalue weighted by molar-refractivity contribution is 5.33. The molecule has 5 nitrogen and oxygen atoms in total. The second kappa shape index (κ2) is 7.22. The van der Waals surface area contributed by atoms with Gasteiger partial charge in [0, 0.05) is 24.1 Å². The van der Waals surface area contributed by atoms with E-state index in [4.69, 9.17) is 9.26 Å². The average Bonchev–Trinajstić information content (AvgIpc) is 2.93. The van der Waals surface area contributed by atoms with Crippen LogP contribution in [0.15, 0.2) is 28.8 Å². The summed E-state index contributed by atoms with van der Waals surface area (Å²) in [5.74, 6) is 2.30. The number of ether oxygens (including phenoxy) is 1. The van der Waals surface area contributed by atoms with Gasteiger partial charge in [-0.15, -0.1) is 0 Å². The monoisotopic (exact) mass is 289 g/mol. The standard InChI is InChI=1S/C16H23N3O2/c1-11(2)16-18-15(19-21-16)10-20-14-8-6-5-7-13(14)9-17-12(3)4/h5-8,11-12,17H,9-10H2,1-4H3. The fraction of sp³-hybridized carbons (Fsp3) is 0.500. The zero-order valence-electron chi connectivity index (χ0n) is 13.1. The average molecular weight is 289 g/mol. The third-order valence-electron chi connectivity index (χ3n) is 3.01. The number of nitrogens with zero attached hydrogens (tertiary/aromatic N) is 2. The molecule has 0 aliphatic heterocycles. The van der Waals surface area contributed by atoms with E-state index >= 15 is 0 Å². The molecule has 0 saturated carbocycles. The lowest BCUT2D eigenvalue weighted by molar-refractivity contribution is 0.281. The highest BCUT2D eigenvalue weighted by Gasteiger charge is 2.11. The lowest BCUT2D eigenvalue weighted by Crippen LogP contribution is -2.22. The lowest BCUT2D eigenvalue weighted by Gasteiger charge is -2.12. The molecule has 0 bridgehead atoms. The second-order valence-electron chi connectivity index (χ2n) is 5.64. The van der Waals surface area contributed by atoms with Crippen LogP contribution < -0.4 is 10.1 Å². The topological polar surface area (TPSA) is 60.2 Å². The molecule has 0 aliphatic carbocycles. The van der Waals surface area contributed by atoms with Gasteiger partial charge in [-0.2, -0.15) is 4.98 Å². The Morgan fingerprint density at radius 2 is 1.95 bits per heavy atom. The number of hydrogen-bond acceptors (Lipinski definition) is 5. The predicted molar refractivity (Wildman–Crippen MR) is 81.1 cm³/mol. The molecule has 2 aromatic rings. The molecule has 0 saturated heterocycles. The van der Waals surface area contributed by atoms with Crippen LogP contribution in [0.5, 0.6) is 5.75 Å². The first-order valence-electron chi connectivity index (χ1n) is 7.33. The van der Waals surface area contributed by atoms with Crippen LogP contribution >= 0.6 is 0 Å². The van der Waals surface area contributed by atoms with E-state index in [9.17, 15) is 0 Å². The number of rotatable bonds is 7. The van der Waals surface area contributed by atoms with E-state index in [2.05, 4.69) is 35.4 Å². The number of para-hydroxylation sites is 1. The van der Waals surface area contributed by atoms with Crippen molar-refractivity contribution >= 4 is 0 Å². The van der Waals surface area contributed by atoms with E-state index in [0.717, 1.165) is 17.9 Å². The summed E-state index contributed by atoms with van der Waals surface area (Å²) in [6.45, 7) is 9.37. The van der Waals surface area contributed by atoms with Gasteiger partial charge in [0.05, 0.1) is 0 Å². The third-order valence-corrected chi connectivity index (χ3v) is 3.01. The lowest BCUT2D eigenvalue weighted by atomic mass is 10.2. The van der Waals surface area contributed by atoms with Gasteiger partial charge in [-0.3, -0.25) is 0 Å². The van der Waals surface area contributed by atoms with Crippen LogP contribution in [0.3, 0.4) is 0 Å². The number of nitrogens with one attached hydrogen (secondary N) is 1. The molecule has 0 amide bonds. The van der Waals surface area contributed by atoms with Crippen LogP contribution in [-0.2, 0) is 13.2 Å². The second-order valence-corrected chi connectivity index (χ2v) is 5.64. The molecule has 1 heterocycles. The first-order valence-corrected chi connectivity index (χ1v) is 7.33. The van der Waals surface area contributed by atoms with Gasteiger partial charge < -0.3 is 14.6 Å². The summed E-state index contributed by atoms with van der Waals surface area (Å²) in [5.41, 5.74) is 1.12. The molecule has 0 atom stereocenters. The van der Waals surface area contributed by atoms with E-state index in [0.29, 0.717) is 24.4 Å². The van der Waals surface area contributed by atoms with Crippen molar-refractivity contribution < 1.29 is 9.26 Å². The highest BCUT2D eigenvalue weighted by Crippen LogP contribution is 2.19. The third kappa shape index (κ3) is 4.56. The van der Waals surface area contributed by atoms with Crippen molar-refractivity contribution in [3.05, 3.63) is 41.5 Å². The highest BCUT2D eigenvalue weighted by atomic mass is 16.5. The fourth-order valence-electron chi connectivity index (χ4n) is 1.81. The Bertz CT molecular complexity index is 564. The Kier molecular flexibility index (Phi) is 5.33. The molecule has 0 spiro atoms. The first kappa shape index (κ1) is 15.5. The fourth-order valence-corrected chi connectivity index (χ4v) is 1.81. The molecule has 2 rings (SSSR count). The number of hydrogen-bond donors (Lipinski definition) is 1. The maximum atomic E-state index is 5.82. The molecular formula is C16H23N3O2. The van der Waals surface area contributed by atoms with E-state index in [1.807, 2.05) is 32.0 Å².